The number of sulfonamides is 1. The number of benzene rings is 2. The lowest BCUT2D eigenvalue weighted by Gasteiger charge is -2.25. The van der Waals surface area contributed by atoms with E-state index < -0.39 is 156 Å². The molecular formula is C43H39ClF11N7O5S2. The lowest BCUT2D eigenvalue weighted by Crippen LogP contribution is -2.35. The molecule has 5 aromatic rings. The van der Waals surface area contributed by atoms with Crippen LogP contribution >= 0.6 is 11.6 Å². The molecule has 69 heavy (non-hydrogen) atoms. The summed E-state index contributed by atoms with van der Waals surface area (Å²) < 4.78 is 214. The van der Waals surface area contributed by atoms with E-state index in [1.54, 1.807) is 0 Å². The van der Waals surface area contributed by atoms with Crippen molar-refractivity contribution in [3.8, 4) is 23.0 Å². The fourth-order valence-corrected chi connectivity index (χ4v) is 9.52. The molecule has 1 amide bonds. The van der Waals surface area contributed by atoms with Crippen LogP contribution in [0.15, 0.2) is 30.3 Å². The minimum atomic E-state index is -5.26. The van der Waals surface area contributed by atoms with Gasteiger partial charge in [-0.05, 0) is 67.0 Å². The zero-order chi connectivity index (χ0) is 51.3. The van der Waals surface area contributed by atoms with Gasteiger partial charge in [-0.25, -0.2) is 35.0 Å². The van der Waals surface area contributed by atoms with Crippen molar-refractivity contribution in [2.45, 2.75) is 101 Å². The first-order chi connectivity index (χ1) is 31.6. The van der Waals surface area contributed by atoms with Gasteiger partial charge in [-0.1, -0.05) is 37.4 Å². The van der Waals surface area contributed by atoms with Gasteiger partial charge in [-0.15, -0.1) is 0 Å². The van der Waals surface area contributed by atoms with Gasteiger partial charge in [0, 0.05) is 47.8 Å². The fourth-order valence-electron chi connectivity index (χ4n) is 8.54. The SMILES string of the molecule is C[C@@H]1c2c(C(F)(F)F)nn(CC(=O)N[C@@H](Cc3cc(F)cc(F)c3)c3nc(C#CC(C)(C)S(C)(=O)=O)c4c(c3-c3ccc(Cl)c5c(NS(C)(=O)=O)nn(CC(F)(F)F)c35)C[C@@H](F)C4)c2C(F)(F)[C@@H]1C. The minimum Gasteiger partial charge on any atom is -0.346 e. The molecule has 0 spiro atoms. The van der Waals surface area contributed by atoms with Crippen molar-refractivity contribution >= 4 is 54.1 Å². The Labute approximate surface area is 392 Å². The van der Waals surface area contributed by atoms with Crippen LogP contribution in [0.3, 0.4) is 0 Å². The zero-order valence-electron chi connectivity index (χ0n) is 36.9. The first kappa shape index (κ1) is 51.4. The van der Waals surface area contributed by atoms with Gasteiger partial charge in [0.15, 0.2) is 21.3 Å². The van der Waals surface area contributed by atoms with Crippen LogP contribution in [0.5, 0.6) is 0 Å². The Balaban J connectivity index is 1.55. The smallest absolute Gasteiger partial charge is 0.346 e. The van der Waals surface area contributed by atoms with Gasteiger partial charge in [0.05, 0.1) is 33.9 Å². The Bertz CT molecular complexity index is 3210. The maximum atomic E-state index is 15.9. The number of hydrogen-bond donors (Lipinski definition) is 2. The van der Waals surface area contributed by atoms with E-state index in [1.807, 2.05) is 4.72 Å². The van der Waals surface area contributed by atoms with E-state index in [0.29, 0.717) is 17.0 Å². The molecule has 0 bridgehead atoms. The Hall–Kier alpha value is -5.48. The Kier molecular flexibility index (Phi) is 13.0. The number of pyridine rings is 1. The summed E-state index contributed by atoms with van der Waals surface area (Å²) in [6, 6.07) is 2.55. The quantitative estimate of drug-likeness (QED) is 0.0983. The molecule has 0 saturated carbocycles. The number of halogens is 12. The number of carbonyl (C=O) groups is 1. The second-order valence-corrected chi connectivity index (χ2v) is 22.3. The lowest BCUT2D eigenvalue weighted by atomic mass is 9.88. The van der Waals surface area contributed by atoms with Crippen LogP contribution in [0.1, 0.15) is 84.7 Å². The summed E-state index contributed by atoms with van der Waals surface area (Å²) in [7, 11) is -8.24. The standard InChI is InChI=1S/C43H39ClF11N7O5S2/c1-19-20(2)42(51,52)38-32(19)37(43(53,54)55)58-61(38)17-31(63)56-30(13-21-11-22(45)14-23(46)12-21)35-33(27-16-24(47)15-26(27)29(57-35)9-10-40(3,4)68(5,64)65)25-7-8-28(44)34-36(25)62(18-41(48,49)50)59-39(34)60-69(6,66)67/h7-8,11-12,14,19-20,24,30H,13,15-18H2,1-6H3,(H,56,63)(H,59,60)/t19-,20+,24-,30-/m0/s1. The Morgan fingerprint density at radius 3 is 2.16 bits per heavy atom. The molecule has 372 valence electrons. The molecule has 2 aliphatic carbocycles. The predicted octanol–water partition coefficient (Wildman–Crippen LogP) is 8.74. The predicted molar refractivity (Wildman–Crippen MR) is 230 cm³/mol. The molecule has 0 unspecified atom stereocenters. The van der Waals surface area contributed by atoms with Gasteiger partial charge in [-0.3, -0.25) is 18.9 Å². The molecule has 2 N–H and O–H groups in total. The van der Waals surface area contributed by atoms with Gasteiger partial charge in [0.25, 0.3) is 5.92 Å². The molecule has 3 heterocycles. The van der Waals surface area contributed by atoms with Gasteiger partial charge in [-0.2, -0.15) is 45.3 Å². The number of rotatable bonds is 11. The third kappa shape index (κ3) is 10.1. The van der Waals surface area contributed by atoms with Gasteiger partial charge >= 0.3 is 12.4 Å². The highest BCUT2D eigenvalue weighted by Gasteiger charge is 2.57. The van der Waals surface area contributed by atoms with Crippen LogP contribution < -0.4 is 10.0 Å². The van der Waals surface area contributed by atoms with E-state index in [-0.39, 0.29) is 43.2 Å². The summed E-state index contributed by atoms with van der Waals surface area (Å²) in [5.74, 6) is -6.15. The summed E-state index contributed by atoms with van der Waals surface area (Å²) in [6.07, 6.45) is -12.3. The summed E-state index contributed by atoms with van der Waals surface area (Å²) in [5.41, 5.74) is -5.98. The number of alkyl halides is 9. The number of nitrogens with zero attached hydrogens (tertiary/aromatic N) is 5. The zero-order valence-corrected chi connectivity index (χ0v) is 39.2. The summed E-state index contributed by atoms with van der Waals surface area (Å²) in [6.45, 7) is 1.39. The first-order valence-corrected chi connectivity index (χ1v) is 24.7. The van der Waals surface area contributed by atoms with Crippen LogP contribution in [0, 0.1) is 29.4 Å². The first-order valence-electron chi connectivity index (χ1n) is 20.5. The maximum Gasteiger partial charge on any atom is 0.435 e. The second kappa shape index (κ2) is 17.4. The highest BCUT2D eigenvalue weighted by molar-refractivity contribution is 7.92. The topological polar surface area (TPSA) is 158 Å². The van der Waals surface area contributed by atoms with Gasteiger partial charge in [0.2, 0.25) is 15.9 Å². The van der Waals surface area contributed by atoms with Crippen LogP contribution in [0.4, 0.5) is 54.1 Å². The molecule has 0 radical (unpaired) electrons. The number of nitrogens with one attached hydrogen (secondary N) is 2. The number of carbonyl (C=O) groups excluding carboxylic acids is 1. The van der Waals surface area contributed by atoms with E-state index in [4.69, 9.17) is 11.6 Å². The van der Waals surface area contributed by atoms with Crippen molar-refractivity contribution in [3.05, 3.63) is 92.0 Å². The average Bonchev–Trinajstić information content (AvgIpc) is 3.90. The molecule has 4 atom stereocenters. The van der Waals surface area contributed by atoms with Crippen molar-refractivity contribution < 1.29 is 69.9 Å². The number of sulfone groups is 1. The lowest BCUT2D eigenvalue weighted by molar-refractivity contribution is -0.143. The van der Waals surface area contributed by atoms with E-state index in [9.17, 15) is 56.8 Å². The third-order valence-electron chi connectivity index (χ3n) is 12.1. The van der Waals surface area contributed by atoms with Crippen LogP contribution in [-0.2, 0) is 69.1 Å². The monoisotopic (exact) mass is 1040 g/mol. The molecule has 12 nitrogen and oxygen atoms in total. The summed E-state index contributed by atoms with van der Waals surface area (Å²) >= 11 is 6.54. The van der Waals surface area contributed by atoms with Crippen molar-refractivity contribution in [1.82, 2.24) is 29.9 Å². The van der Waals surface area contributed by atoms with E-state index in [0.717, 1.165) is 44.4 Å². The average molecular weight is 1040 g/mol. The maximum absolute atomic E-state index is 15.9. The molecule has 0 saturated heterocycles. The van der Waals surface area contributed by atoms with Crippen LogP contribution in [-0.4, -0.2) is 76.9 Å². The minimum absolute atomic E-state index is 0.00310. The molecule has 0 fully saturated rings. The second-order valence-electron chi connectivity index (χ2n) is 17.6. The number of amides is 1. The number of fused-ring (bicyclic) bond motifs is 3. The number of anilines is 1. The van der Waals surface area contributed by atoms with Crippen LogP contribution in [0.2, 0.25) is 5.02 Å². The summed E-state index contributed by atoms with van der Waals surface area (Å²) in [4.78, 5) is 18.9. The number of aromatic nitrogens is 5. The highest BCUT2D eigenvalue weighted by Crippen LogP contribution is 2.55. The number of hydrogen-bond acceptors (Lipinski definition) is 8. The molecule has 26 heteroatoms. The molecule has 2 aromatic carbocycles. The molecule has 7 rings (SSSR count). The molecular weight excluding hydrogens is 1000 g/mol. The van der Waals surface area contributed by atoms with Crippen LogP contribution in [0.25, 0.3) is 22.0 Å². The third-order valence-corrected chi connectivity index (χ3v) is 14.9. The molecule has 3 aromatic heterocycles. The van der Waals surface area contributed by atoms with E-state index in [1.165, 1.54) is 13.8 Å². The normalized spacial score (nSPS) is 18.7. The summed E-state index contributed by atoms with van der Waals surface area (Å²) in [5, 5.41) is 8.96. The van der Waals surface area contributed by atoms with Crippen molar-refractivity contribution in [3.63, 3.8) is 0 Å². The Morgan fingerprint density at radius 2 is 1.58 bits per heavy atom. The fraction of sp³-hybridized carbons (Fsp3) is 0.442. The molecule has 0 aliphatic heterocycles. The Morgan fingerprint density at radius 1 is 0.957 bits per heavy atom. The highest BCUT2D eigenvalue weighted by atomic mass is 35.5. The van der Waals surface area contributed by atoms with E-state index >= 15 is 13.2 Å². The van der Waals surface area contributed by atoms with Gasteiger partial charge in [0.1, 0.15) is 47.0 Å². The van der Waals surface area contributed by atoms with Crippen molar-refractivity contribution in [1.29, 1.82) is 0 Å². The van der Waals surface area contributed by atoms with E-state index in [2.05, 4.69) is 32.3 Å². The van der Waals surface area contributed by atoms with Crippen molar-refractivity contribution in [2.75, 3.05) is 17.2 Å². The largest absolute Gasteiger partial charge is 0.435 e. The molecule has 2 aliphatic rings. The van der Waals surface area contributed by atoms with Crippen molar-refractivity contribution in [2.24, 2.45) is 5.92 Å². The van der Waals surface area contributed by atoms with Gasteiger partial charge < -0.3 is 5.32 Å².